The Morgan fingerprint density at radius 1 is 1.44 bits per heavy atom. The van der Waals surface area contributed by atoms with E-state index >= 15 is 0 Å². The molecule has 100 valence electrons. The Bertz CT molecular complexity index is 407. The third-order valence-corrected chi connectivity index (χ3v) is 2.70. The Kier molecular flexibility index (Phi) is 5.30. The van der Waals surface area contributed by atoms with Gasteiger partial charge in [0.1, 0.15) is 5.75 Å². The zero-order valence-electron chi connectivity index (χ0n) is 11.2. The third-order valence-electron chi connectivity index (χ3n) is 2.70. The largest absolute Gasteiger partial charge is 0.492 e. The second-order valence-electron chi connectivity index (χ2n) is 3.91. The zero-order valence-corrected chi connectivity index (χ0v) is 11.2. The first kappa shape index (κ1) is 14.2. The summed E-state index contributed by atoms with van der Waals surface area (Å²) in [6.45, 7) is 5.31. The Labute approximate surface area is 108 Å². The van der Waals surface area contributed by atoms with Gasteiger partial charge in [-0.15, -0.1) is 0 Å². The summed E-state index contributed by atoms with van der Waals surface area (Å²) in [6, 6.07) is 5.48. The van der Waals surface area contributed by atoms with E-state index in [1.54, 1.807) is 11.9 Å². The summed E-state index contributed by atoms with van der Waals surface area (Å²) in [4.78, 5) is 13.3. The molecule has 0 aliphatic rings. The van der Waals surface area contributed by atoms with Crippen LogP contribution in [0.1, 0.15) is 13.8 Å². The SMILES string of the molecule is CCOc1cccc(NCC(=O)N(C)CC)c1N. The monoisotopic (exact) mass is 251 g/mol. The van der Waals surface area contributed by atoms with E-state index in [-0.39, 0.29) is 12.5 Å². The normalized spacial score (nSPS) is 9.94. The van der Waals surface area contributed by atoms with Crippen LogP contribution in [0.25, 0.3) is 0 Å². The highest BCUT2D eigenvalue weighted by Crippen LogP contribution is 2.29. The standard InChI is InChI=1S/C13H21N3O2/c1-4-16(3)12(17)9-15-10-7-6-8-11(13(10)14)18-5-2/h6-8,15H,4-5,9,14H2,1-3H3. The molecule has 1 aromatic carbocycles. The first-order valence-corrected chi connectivity index (χ1v) is 6.09. The number of ether oxygens (including phenoxy) is 1. The number of amides is 1. The molecule has 0 heterocycles. The van der Waals surface area contributed by atoms with E-state index in [9.17, 15) is 4.79 Å². The number of hydrogen-bond acceptors (Lipinski definition) is 4. The fourth-order valence-electron chi connectivity index (χ4n) is 1.46. The summed E-state index contributed by atoms with van der Waals surface area (Å²) in [5.41, 5.74) is 7.21. The van der Waals surface area contributed by atoms with Crippen LogP contribution in [0, 0.1) is 0 Å². The van der Waals surface area contributed by atoms with E-state index in [1.807, 2.05) is 32.0 Å². The maximum atomic E-state index is 11.7. The average Bonchev–Trinajstić information content (AvgIpc) is 2.38. The highest BCUT2D eigenvalue weighted by molar-refractivity contribution is 5.83. The summed E-state index contributed by atoms with van der Waals surface area (Å²) in [5, 5.41) is 3.03. The van der Waals surface area contributed by atoms with E-state index in [0.717, 1.165) is 5.69 Å². The number of anilines is 2. The summed E-state index contributed by atoms with van der Waals surface area (Å²) >= 11 is 0. The first-order valence-electron chi connectivity index (χ1n) is 6.09. The summed E-state index contributed by atoms with van der Waals surface area (Å²) in [6.07, 6.45) is 0. The molecule has 18 heavy (non-hydrogen) atoms. The molecule has 0 aliphatic heterocycles. The second-order valence-corrected chi connectivity index (χ2v) is 3.91. The number of rotatable bonds is 6. The number of nitrogens with zero attached hydrogens (tertiary/aromatic N) is 1. The van der Waals surface area contributed by atoms with Gasteiger partial charge in [0.2, 0.25) is 5.91 Å². The van der Waals surface area contributed by atoms with E-state index in [0.29, 0.717) is 24.6 Å². The molecule has 0 aliphatic carbocycles. The van der Waals surface area contributed by atoms with Crippen molar-refractivity contribution in [3.8, 4) is 5.75 Å². The Morgan fingerprint density at radius 2 is 2.17 bits per heavy atom. The van der Waals surface area contributed by atoms with Crippen molar-refractivity contribution in [2.45, 2.75) is 13.8 Å². The summed E-state index contributed by atoms with van der Waals surface area (Å²) in [5.74, 6) is 0.664. The zero-order chi connectivity index (χ0) is 13.5. The molecule has 0 spiro atoms. The van der Waals surface area contributed by atoms with Crippen LogP contribution >= 0.6 is 0 Å². The number of para-hydroxylation sites is 1. The predicted molar refractivity (Wildman–Crippen MR) is 73.8 cm³/mol. The van der Waals surface area contributed by atoms with Crippen LogP contribution in [0.2, 0.25) is 0 Å². The quantitative estimate of drug-likeness (QED) is 0.753. The Morgan fingerprint density at radius 3 is 2.78 bits per heavy atom. The van der Waals surface area contributed by atoms with Gasteiger partial charge in [0.25, 0.3) is 0 Å². The Hall–Kier alpha value is -1.91. The lowest BCUT2D eigenvalue weighted by Gasteiger charge is -2.17. The van der Waals surface area contributed by atoms with Gasteiger partial charge in [-0.1, -0.05) is 6.07 Å². The molecular formula is C13H21N3O2. The van der Waals surface area contributed by atoms with Crippen molar-refractivity contribution in [1.29, 1.82) is 0 Å². The topological polar surface area (TPSA) is 67.6 Å². The number of hydrogen-bond donors (Lipinski definition) is 2. The van der Waals surface area contributed by atoms with Gasteiger partial charge in [-0.3, -0.25) is 4.79 Å². The number of carbonyl (C=O) groups is 1. The highest BCUT2D eigenvalue weighted by Gasteiger charge is 2.09. The van der Waals surface area contributed by atoms with Gasteiger partial charge in [0.15, 0.2) is 0 Å². The van der Waals surface area contributed by atoms with Crippen LogP contribution in [-0.2, 0) is 4.79 Å². The van der Waals surface area contributed by atoms with E-state index in [1.165, 1.54) is 0 Å². The van der Waals surface area contributed by atoms with Gasteiger partial charge in [-0.2, -0.15) is 0 Å². The van der Waals surface area contributed by atoms with E-state index in [4.69, 9.17) is 10.5 Å². The predicted octanol–water partition coefficient (Wildman–Crippen LogP) is 1.56. The molecule has 0 bridgehead atoms. The number of carbonyl (C=O) groups excluding carboxylic acids is 1. The average molecular weight is 251 g/mol. The number of nitrogen functional groups attached to an aromatic ring is 1. The van der Waals surface area contributed by atoms with Crippen molar-refractivity contribution in [2.75, 3.05) is 37.8 Å². The Balaban J connectivity index is 2.68. The van der Waals surface area contributed by atoms with Gasteiger partial charge in [-0.05, 0) is 26.0 Å². The maximum absolute atomic E-state index is 11.7. The molecule has 0 saturated carbocycles. The molecule has 0 atom stereocenters. The molecular weight excluding hydrogens is 230 g/mol. The van der Waals surface area contributed by atoms with Crippen molar-refractivity contribution in [1.82, 2.24) is 4.90 Å². The van der Waals surface area contributed by atoms with Crippen molar-refractivity contribution < 1.29 is 9.53 Å². The molecule has 0 saturated heterocycles. The summed E-state index contributed by atoms with van der Waals surface area (Å²) in [7, 11) is 1.77. The van der Waals surface area contributed by atoms with Gasteiger partial charge in [-0.25, -0.2) is 0 Å². The molecule has 1 amide bonds. The molecule has 5 heteroatoms. The molecule has 1 aromatic rings. The lowest BCUT2D eigenvalue weighted by Crippen LogP contribution is -2.32. The molecule has 3 N–H and O–H groups in total. The van der Waals surface area contributed by atoms with Gasteiger partial charge in [0, 0.05) is 13.6 Å². The van der Waals surface area contributed by atoms with Crippen molar-refractivity contribution >= 4 is 17.3 Å². The number of nitrogens with two attached hydrogens (primary N) is 1. The molecule has 0 fully saturated rings. The third kappa shape index (κ3) is 3.55. The smallest absolute Gasteiger partial charge is 0.241 e. The van der Waals surface area contributed by atoms with Crippen LogP contribution in [0.5, 0.6) is 5.75 Å². The highest BCUT2D eigenvalue weighted by atomic mass is 16.5. The van der Waals surface area contributed by atoms with Gasteiger partial charge >= 0.3 is 0 Å². The van der Waals surface area contributed by atoms with Crippen LogP contribution < -0.4 is 15.8 Å². The van der Waals surface area contributed by atoms with Crippen LogP contribution in [0.4, 0.5) is 11.4 Å². The molecule has 0 aromatic heterocycles. The van der Waals surface area contributed by atoms with Crippen molar-refractivity contribution in [2.24, 2.45) is 0 Å². The van der Waals surface area contributed by atoms with Crippen LogP contribution in [-0.4, -0.2) is 37.6 Å². The minimum absolute atomic E-state index is 0.0266. The second kappa shape index (κ2) is 6.74. The van der Waals surface area contributed by atoms with E-state index < -0.39 is 0 Å². The molecule has 5 nitrogen and oxygen atoms in total. The van der Waals surface area contributed by atoms with Crippen molar-refractivity contribution in [3.63, 3.8) is 0 Å². The fraction of sp³-hybridized carbons (Fsp3) is 0.462. The van der Waals surface area contributed by atoms with Gasteiger partial charge < -0.3 is 20.7 Å². The van der Waals surface area contributed by atoms with E-state index in [2.05, 4.69) is 5.32 Å². The summed E-state index contributed by atoms with van der Waals surface area (Å²) < 4.78 is 5.39. The van der Waals surface area contributed by atoms with Crippen LogP contribution in [0.15, 0.2) is 18.2 Å². The number of benzene rings is 1. The number of nitrogens with one attached hydrogen (secondary N) is 1. The van der Waals surface area contributed by atoms with Crippen LogP contribution in [0.3, 0.4) is 0 Å². The fourth-order valence-corrected chi connectivity index (χ4v) is 1.46. The minimum atomic E-state index is 0.0266. The number of likely N-dealkylation sites (N-methyl/N-ethyl adjacent to an activating group) is 1. The molecule has 0 radical (unpaired) electrons. The maximum Gasteiger partial charge on any atom is 0.241 e. The lowest BCUT2D eigenvalue weighted by molar-refractivity contribution is -0.127. The van der Waals surface area contributed by atoms with Crippen molar-refractivity contribution in [3.05, 3.63) is 18.2 Å². The molecule has 0 unspecified atom stereocenters. The molecule has 1 rings (SSSR count). The minimum Gasteiger partial charge on any atom is -0.492 e. The van der Waals surface area contributed by atoms with Gasteiger partial charge in [0.05, 0.1) is 24.5 Å². The first-order chi connectivity index (χ1) is 8.60. The lowest BCUT2D eigenvalue weighted by atomic mass is 10.2.